The first-order valence-corrected chi connectivity index (χ1v) is 9.16. The average molecular weight is 425 g/mol. The van der Waals surface area contributed by atoms with E-state index in [-0.39, 0.29) is 0 Å². The number of carbonyl (C=O) groups excluding carboxylic acids is 1. The van der Waals surface area contributed by atoms with E-state index in [1.807, 2.05) is 0 Å². The highest BCUT2D eigenvalue weighted by Gasteiger charge is 2.10. The zero-order valence-corrected chi connectivity index (χ0v) is 17.6. The Hall–Kier alpha value is -4.21. The molecule has 1 aromatic heterocycles. The van der Waals surface area contributed by atoms with Crippen molar-refractivity contribution < 1.29 is 23.7 Å². The molecule has 0 bridgehead atoms. The lowest BCUT2D eigenvalue weighted by atomic mass is 10.2. The average Bonchev–Trinajstić information content (AvgIpc) is 2.78. The molecule has 3 aromatic rings. The molecule has 10 nitrogen and oxygen atoms in total. The van der Waals surface area contributed by atoms with Crippen LogP contribution in [0.3, 0.4) is 0 Å². The molecule has 0 aliphatic carbocycles. The van der Waals surface area contributed by atoms with Gasteiger partial charge in [0.05, 0.1) is 34.1 Å². The Balaban J connectivity index is 1.72. The first-order valence-electron chi connectivity index (χ1n) is 9.16. The van der Waals surface area contributed by atoms with Crippen LogP contribution in [0.25, 0.3) is 0 Å². The number of carbonyl (C=O) groups is 1. The summed E-state index contributed by atoms with van der Waals surface area (Å²) in [4.78, 5) is 20.7. The molecule has 1 heterocycles. The highest BCUT2D eigenvalue weighted by Crippen LogP contribution is 2.31. The summed E-state index contributed by atoms with van der Waals surface area (Å²) >= 11 is 0. The van der Waals surface area contributed by atoms with Gasteiger partial charge in [-0.2, -0.15) is 0 Å². The Morgan fingerprint density at radius 3 is 2.06 bits per heavy atom. The predicted molar refractivity (Wildman–Crippen MR) is 117 cm³/mol. The van der Waals surface area contributed by atoms with Crippen molar-refractivity contribution in [3.05, 3.63) is 48.8 Å². The molecule has 3 rings (SSSR count). The number of nitrogens with one attached hydrogen (secondary N) is 3. The van der Waals surface area contributed by atoms with Crippen LogP contribution in [0.2, 0.25) is 0 Å². The van der Waals surface area contributed by atoms with Crippen molar-refractivity contribution >= 4 is 29.0 Å². The number of methoxy groups -OCH3 is 4. The van der Waals surface area contributed by atoms with Gasteiger partial charge in [-0.15, -0.1) is 0 Å². The van der Waals surface area contributed by atoms with Crippen LogP contribution in [0.5, 0.6) is 23.0 Å². The van der Waals surface area contributed by atoms with Gasteiger partial charge in [-0.05, 0) is 12.1 Å². The first-order chi connectivity index (χ1) is 15.0. The second kappa shape index (κ2) is 10.0. The number of hydrogen-bond acceptors (Lipinski definition) is 8. The van der Waals surface area contributed by atoms with Gasteiger partial charge in [-0.3, -0.25) is 5.32 Å². The summed E-state index contributed by atoms with van der Waals surface area (Å²) in [5.74, 6) is 3.12. The van der Waals surface area contributed by atoms with Gasteiger partial charge in [0.25, 0.3) is 0 Å². The van der Waals surface area contributed by atoms with E-state index in [0.717, 1.165) is 0 Å². The maximum atomic E-state index is 12.4. The van der Waals surface area contributed by atoms with E-state index in [9.17, 15) is 4.79 Å². The van der Waals surface area contributed by atoms with E-state index in [2.05, 4.69) is 25.9 Å². The largest absolute Gasteiger partial charge is 0.497 e. The van der Waals surface area contributed by atoms with Crippen LogP contribution in [0.15, 0.2) is 48.8 Å². The summed E-state index contributed by atoms with van der Waals surface area (Å²) in [6.45, 7) is 0. The van der Waals surface area contributed by atoms with Crippen LogP contribution in [-0.2, 0) is 0 Å². The van der Waals surface area contributed by atoms with Crippen molar-refractivity contribution in [3.63, 3.8) is 0 Å². The Labute approximate surface area is 179 Å². The lowest BCUT2D eigenvalue weighted by Gasteiger charge is -2.13. The summed E-state index contributed by atoms with van der Waals surface area (Å²) in [5.41, 5.74) is 1.15. The second-order valence-electron chi connectivity index (χ2n) is 6.16. The highest BCUT2D eigenvalue weighted by molar-refractivity contribution is 5.99. The lowest BCUT2D eigenvalue weighted by Crippen LogP contribution is -2.20. The van der Waals surface area contributed by atoms with E-state index < -0.39 is 6.03 Å². The molecular formula is C21H23N5O5. The predicted octanol–water partition coefficient (Wildman–Crippen LogP) is 3.90. The van der Waals surface area contributed by atoms with Crippen LogP contribution in [-0.4, -0.2) is 44.4 Å². The minimum absolute atomic E-state index is 0.298. The Morgan fingerprint density at radius 1 is 0.742 bits per heavy atom. The topological polar surface area (TPSA) is 116 Å². The molecule has 0 aliphatic rings. The highest BCUT2D eigenvalue weighted by atomic mass is 16.5. The minimum atomic E-state index is -0.487. The molecule has 0 fully saturated rings. The molecule has 162 valence electrons. The minimum Gasteiger partial charge on any atom is -0.497 e. The molecule has 0 atom stereocenters. The summed E-state index contributed by atoms with van der Waals surface area (Å²) in [6, 6.07) is 11.5. The van der Waals surface area contributed by atoms with E-state index in [0.29, 0.717) is 46.0 Å². The van der Waals surface area contributed by atoms with E-state index in [1.54, 1.807) is 56.7 Å². The van der Waals surface area contributed by atoms with Crippen molar-refractivity contribution in [3.8, 4) is 23.0 Å². The molecule has 2 aromatic carbocycles. The number of hydrogen-bond donors (Lipinski definition) is 3. The molecular weight excluding hydrogens is 402 g/mol. The van der Waals surface area contributed by atoms with Gasteiger partial charge in [0.1, 0.15) is 41.0 Å². The van der Waals surface area contributed by atoms with Crippen molar-refractivity contribution in [2.75, 3.05) is 44.4 Å². The van der Waals surface area contributed by atoms with Gasteiger partial charge in [0.2, 0.25) is 0 Å². The monoisotopic (exact) mass is 425 g/mol. The van der Waals surface area contributed by atoms with Gasteiger partial charge in [0.15, 0.2) is 0 Å². The maximum Gasteiger partial charge on any atom is 0.324 e. The van der Waals surface area contributed by atoms with Gasteiger partial charge in [-0.25, -0.2) is 14.8 Å². The number of aromatic nitrogens is 2. The quantitative estimate of drug-likeness (QED) is 0.498. The summed E-state index contributed by atoms with van der Waals surface area (Å²) in [6.07, 6.45) is 1.33. The fourth-order valence-corrected chi connectivity index (χ4v) is 2.70. The lowest BCUT2D eigenvalue weighted by molar-refractivity contribution is 0.262. The zero-order valence-electron chi connectivity index (χ0n) is 17.6. The van der Waals surface area contributed by atoms with E-state index in [1.165, 1.54) is 20.5 Å². The van der Waals surface area contributed by atoms with Crippen LogP contribution < -0.4 is 34.9 Å². The van der Waals surface area contributed by atoms with Crippen molar-refractivity contribution in [1.29, 1.82) is 0 Å². The number of rotatable bonds is 8. The Bertz CT molecular complexity index is 1040. The van der Waals surface area contributed by atoms with Crippen LogP contribution in [0.1, 0.15) is 0 Å². The number of amides is 2. The third-order valence-electron chi connectivity index (χ3n) is 4.19. The van der Waals surface area contributed by atoms with Gasteiger partial charge in [-0.1, -0.05) is 0 Å². The van der Waals surface area contributed by atoms with Gasteiger partial charge >= 0.3 is 6.03 Å². The number of nitrogens with zero attached hydrogens (tertiary/aromatic N) is 2. The molecule has 10 heteroatoms. The molecule has 3 N–H and O–H groups in total. The third kappa shape index (κ3) is 5.66. The summed E-state index contributed by atoms with van der Waals surface area (Å²) in [7, 11) is 6.21. The molecule has 0 aliphatic heterocycles. The number of anilines is 4. The normalized spacial score (nSPS) is 10.1. The smallest absolute Gasteiger partial charge is 0.324 e. The summed E-state index contributed by atoms with van der Waals surface area (Å²) < 4.78 is 21.0. The fourth-order valence-electron chi connectivity index (χ4n) is 2.70. The number of urea groups is 1. The number of benzene rings is 2. The zero-order chi connectivity index (χ0) is 22.2. The fraction of sp³-hybridized carbons (Fsp3) is 0.190. The summed E-state index contributed by atoms with van der Waals surface area (Å²) in [5, 5.41) is 8.51. The Kier molecular flexibility index (Phi) is 6.94. The van der Waals surface area contributed by atoms with Crippen LogP contribution >= 0.6 is 0 Å². The molecule has 2 amide bonds. The van der Waals surface area contributed by atoms with Crippen molar-refractivity contribution in [2.45, 2.75) is 0 Å². The van der Waals surface area contributed by atoms with E-state index >= 15 is 0 Å². The molecule has 31 heavy (non-hydrogen) atoms. The van der Waals surface area contributed by atoms with Crippen LogP contribution in [0.4, 0.5) is 27.8 Å². The molecule has 0 radical (unpaired) electrons. The molecule has 0 unspecified atom stereocenters. The SMILES string of the molecule is COc1cc(NC(=O)Nc2cc(Nc3cc(OC)ccc3OC)ncn2)cc(OC)c1. The Morgan fingerprint density at radius 2 is 1.42 bits per heavy atom. The van der Waals surface area contributed by atoms with Gasteiger partial charge < -0.3 is 29.6 Å². The van der Waals surface area contributed by atoms with Crippen molar-refractivity contribution in [2.24, 2.45) is 0 Å². The van der Waals surface area contributed by atoms with Crippen molar-refractivity contribution in [1.82, 2.24) is 9.97 Å². The maximum absolute atomic E-state index is 12.4. The number of ether oxygens (including phenoxy) is 4. The molecule has 0 saturated heterocycles. The second-order valence-corrected chi connectivity index (χ2v) is 6.16. The molecule has 0 spiro atoms. The third-order valence-corrected chi connectivity index (χ3v) is 4.19. The first kappa shape index (κ1) is 21.5. The van der Waals surface area contributed by atoms with E-state index in [4.69, 9.17) is 18.9 Å². The standard InChI is InChI=1S/C21H23N5O5/c1-28-14-5-6-18(31-4)17(10-14)25-19-11-20(23-12-22-19)26-21(27)24-13-7-15(29-2)9-16(8-13)30-3/h5-12H,1-4H3,(H3,22,23,24,25,26,27). The van der Waals surface area contributed by atoms with Gasteiger partial charge in [0, 0.05) is 36.0 Å². The van der Waals surface area contributed by atoms with Crippen LogP contribution in [0, 0.1) is 0 Å². The molecule has 0 saturated carbocycles.